The van der Waals surface area contributed by atoms with Crippen LogP contribution in [0.5, 0.6) is 0 Å². The molecule has 0 saturated heterocycles. The number of aryl methyl sites for hydroxylation is 1. The maximum atomic E-state index is 11.3. The number of sulfone groups is 1. The van der Waals surface area contributed by atoms with Crippen LogP contribution in [0.4, 0.5) is 0 Å². The Bertz CT molecular complexity index is 329. The third-order valence-electron chi connectivity index (χ3n) is 1.73. The predicted molar refractivity (Wildman–Crippen MR) is 51.2 cm³/mol. The molecule has 0 fully saturated rings. The maximum absolute atomic E-state index is 11.3. The summed E-state index contributed by atoms with van der Waals surface area (Å²) in [5.74, 6) is 0.485. The highest BCUT2D eigenvalue weighted by atomic mass is 32.2. The van der Waals surface area contributed by atoms with Gasteiger partial charge in [0, 0.05) is 24.7 Å². The molecule has 0 aromatic carbocycles. The molecule has 13 heavy (non-hydrogen) atoms. The van der Waals surface area contributed by atoms with Gasteiger partial charge < -0.3 is 4.57 Å². The second kappa shape index (κ2) is 4.41. The van der Waals surface area contributed by atoms with E-state index in [0.717, 1.165) is 0 Å². The van der Waals surface area contributed by atoms with Crippen molar-refractivity contribution >= 4 is 9.84 Å². The smallest absolute Gasteiger partial charge is 0.152 e. The normalized spacial score (nSPS) is 11.8. The van der Waals surface area contributed by atoms with Gasteiger partial charge in [-0.05, 0) is 6.42 Å². The molecular formula is C8H14N2O2S. The van der Waals surface area contributed by atoms with Crippen LogP contribution < -0.4 is 0 Å². The van der Waals surface area contributed by atoms with Gasteiger partial charge in [-0.3, -0.25) is 0 Å². The molecule has 4 nitrogen and oxygen atoms in total. The maximum Gasteiger partial charge on any atom is 0.152 e. The minimum atomic E-state index is -2.86. The van der Waals surface area contributed by atoms with Crippen molar-refractivity contribution in [2.75, 3.05) is 11.5 Å². The van der Waals surface area contributed by atoms with E-state index in [-0.39, 0.29) is 11.5 Å². The summed E-state index contributed by atoms with van der Waals surface area (Å²) in [6.45, 7) is 2.37. The Morgan fingerprint density at radius 1 is 1.38 bits per heavy atom. The number of imidazole rings is 1. The molecule has 0 amide bonds. The van der Waals surface area contributed by atoms with E-state index in [1.165, 1.54) is 0 Å². The van der Waals surface area contributed by atoms with Gasteiger partial charge in [0.2, 0.25) is 0 Å². The number of hydrogen-bond donors (Lipinski definition) is 0. The van der Waals surface area contributed by atoms with Gasteiger partial charge in [-0.25, -0.2) is 13.4 Å². The van der Waals surface area contributed by atoms with Crippen LogP contribution in [-0.4, -0.2) is 29.5 Å². The lowest BCUT2D eigenvalue weighted by Crippen LogP contribution is -2.14. The lowest BCUT2D eigenvalue weighted by Gasteiger charge is -2.02. The molecule has 0 aliphatic rings. The van der Waals surface area contributed by atoms with Gasteiger partial charge in [0.1, 0.15) is 0 Å². The molecule has 1 rings (SSSR count). The van der Waals surface area contributed by atoms with E-state index in [1.54, 1.807) is 23.3 Å². The van der Waals surface area contributed by atoms with Crippen molar-refractivity contribution in [3.63, 3.8) is 0 Å². The summed E-state index contributed by atoms with van der Waals surface area (Å²) in [6, 6.07) is 0. The van der Waals surface area contributed by atoms with Gasteiger partial charge in [-0.1, -0.05) is 6.92 Å². The van der Waals surface area contributed by atoms with Crippen molar-refractivity contribution in [1.82, 2.24) is 9.55 Å². The summed E-state index contributed by atoms with van der Waals surface area (Å²) in [7, 11) is -2.86. The van der Waals surface area contributed by atoms with Gasteiger partial charge >= 0.3 is 0 Å². The molecule has 0 spiro atoms. The van der Waals surface area contributed by atoms with Crippen LogP contribution in [0, 0.1) is 0 Å². The van der Waals surface area contributed by atoms with Gasteiger partial charge in [-0.15, -0.1) is 0 Å². The Morgan fingerprint density at radius 2 is 2.15 bits per heavy atom. The molecule has 0 atom stereocenters. The van der Waals surface area contributed by atoms with Crippen LogP contribution in [0.2, 0.25) is 0 Å². The van der Waals surface area contributed by atoms with Crippen molar-refractivity contribution in [2.45, 2.75) is 19.9 Å². The standard InChI is InChI=1S/C8H14N2O2S/c1-2-6-13(11,12)7-5-10-4-3-9-8-10/h3-4,8H,2,5-7H2,1H3. The minimum absolute atomic E-state index is 0.206. The van der Waals surface area contributed by atoms with Gasteiger partial charge in [0.15, 0.2) is 9.84 Å². The fourth-order valence-corrected chi connectivity index (χ4v) is 2.39. The zero-order valence-corrected chi connectivity index (χ0v) is 8.50. The van der Waals surface area contributed by atoms with Crippen molar-refractivity contribution in [3.05, 3.63) is 18.7 Å². The molecule has 0 saturated carbocycles. The average molecular weight is 202 g/mol. The second-order valence-electron chi connectivity index (χ2n) is 2.95. The molecule has 0 radical (unpaired) electrons. The summed E-state index contributed by atoms with van der Waals surface area (Å²) in [4.78, 5) is 3.84. The first-order valence-electron chi connectivity index (χ1n) is 4.30. The van der Waals surface area contributed by atoms with E-state index in [0.29, 0.717) is 13.0 Å². The molecule has 5 heteroatoms. The Hall–Kier alpha value is -0.840. The topological polar surface area (TPSA) is 52.0 Å². The van der Waals surface area contributed by atoms with Crippen molar-refractivity contribution in [1.29, 1.82) is 0 Å². The third-order valence-corrected chi connectivity index (χ3v) is 3.57. The minimum Gasteiger partial charge on any atom is -0.336 e. The fourth-order valence-electron chi connectivity index (χ4n) is 1.08. The van der Waals surface area contributed by atoms with Crippen LogP contribution in [0.15, 0.2) is 18.7 Å². The van der Waals surface area contributed by atoms with Crippen molar-refractivity contribution < 1.29 is 8.42 Å². The summed E-state index contributed by atoms with van der Waals surface area (Å²) < 4.78 is 24.4. The van der Waals surface area contributed by atoms with Crippen LogP contribution in [0.25, 0.3) is 0 Å². The molecule has 0 bridgehead atoms. The second-order valence-corrected chi connectivity index (χ2v) is 5.26. The number of rotatable bonds is 5. The molecule has 1 aromatic heterocycles. The molecule has 0 aliphatic carbocycles. The number of hydrogen-bond acceptors (Lipinski definition) is 3. The Kier molecular flexibility index (Phi) is 3.48. The van der Waals surface area contributed by atoms with E-state index in [1.807, 2.05) is 6.92 Å². The summed E-state index contributed by atoms with van der Waals surface area (Å²) in [5.41, 5.74) is 0. The predicted octanol–water partition coefficient (Wildman–Crippen LogP) is 0.708. The number of aromatic nitrogens is 2. The van der Waals surface area contributed by atoms with Crippen molar-refractivity contribution in [3.8, 4) is 0 Å². The summed E-state index contributed by atoms with van der Waals surface area (Å²) >= 11 is 0. The van der Waals surface area contributed by atoms with E-state index >= 15 is 0 Å². The lowest BCUT2D eigenvalue weighted by atomic mass is 10.6. The molecule has 74 valence electrons. The first kappa shape index (κ1) is 10.2. The van der Waals surface area contributed by atoms with Gasteiger partial charge in [-0.2, -0.15) is 0 Å². The van der Waals surface area contributed by atoms with Crippen LogP contribution in [0.1, 0.15) is 13.3 Å². The van der Waals surface area contributed by atoms with Gasteiger partial charge in [0.25, 0.3) is 0 Å². The van der Waals surface area contributed by atoms with E-state index in [2.05, 4.69) is 4.98 Å². The number of nitrogens with zero attached hydrogens (tertiary/aromatic N) is 2. The highest BCUT2D eigenvalue weighted by molar-refractivity contribution is 7.91. The first-order valence-corrected chi connectivity index (χ1v) is 6.12. The van der Waals surface area contributed by atoms with Crippen LogP contribution in [-0.2, 0) is 16.4 Å². The first-order chi connectivity index (χ1) is 6.14. The Morgan fingerprint density at radius 3 is 2.69 bits per heavy atom. The largest absolute Gasteiger partial charge is 0.336 e. The molecule has 1 aromatic rings. The quantitative estimate of drug-likeness (QED) is 0.706. The molecule has 0 aliphatic heterocycles. The molecule has 0 N–H and O–H groups in total. The van der Waals surface area contributed by atoms with E-state index in [4.69, 9.17) is 0 Å². The summed E-state index contributed by atoms with van der Waals surface area (Å²) in [5, 5.41) is 0. The van der Waals surface area contributed by atoms with Crippen molar-refractivity contribution in [2.24, 2.45) is 0 Å². The average Bonchev–Trinajstić information content (AvgIpc) is 2.52. The third kappa shape index (κ3) is 3.59. The zero-order valence-electron chi connectivity index (χ0n) is 7.68. The van der Waals surface area contributed by atoms with Crippen LogP contribution >= 0.6 is 0 Å². The molecular weight excluding hydrogens is 188 g/mol. The lowest BCUT2D eigenvalue weighted by molar-refractivity contribution is 0.587. The van der Waals surface area contributed by atoms with Crippen LogP contribution in [0.3, 0.4) is 0 Å². The Balaban J connectivity index is 2.43. The Labute approximate surface area is 78.5 Å². The van der Waals surface area contributed by atoms with E-state index in [9.17, 15) is 8.42 Å². The van der Waals surface area contributed by atoms with Gasteiger partial charge in [0.05, 0.1) is 12.1 Å². The van der Waals surface area contributed by atoms with E-state index < -0.39 is 9.84 Å². The zero-order chi connectivity index (χ0) is 9.73. The SMILES string of the molecule is CCCS(=O)(=O)CCn1ccnc1. The molecule has 0 unspecified atom stereocenters. The monoisotopic (exact) mass is 202 g/mol. The molecule has 1 heterocycles. The highest BCUT2D eigenvalue weighted by Gasteiger charge is 2.08. The fraction of sp³-hybridized carbons (Fsp3) is 0.625. The highest BCUT2D eigenvalue weighted by Crippen LogP contribution is 1.96. The summed E-state index contributed by atoms with van der Waals surface area (Å²) in [6.07, 6.45) is 5.72.